The van der Waals surface area contributed by atoms with Crippen LogP contribution in [0.5, 0.6) is 11.5 Å². The number of benzene rings is 1. The summed E-state index contributed by atoms with van der Waals surface area (Å²) in [6.45, 7) is 0.238. The van der Waals surface area contributed by atoms with E-state index >= 15 is 0 Å². The van der Waals surface area contributed by atoms with E-state index in [1.165, 1.54) is 34.4 Å². The van der Waals surface area contributed by atoms with Crippen LogP contribution in [0.25, 0.3) is 11.3 Å². The number of aromatic carboxylic acids is 1. The molecule has 0 aliphatic carbocycles. The summed E-state index contributed by atoms with van der Waals surface area (Å²) >= 11 is 4.25. The van der Waals surface area contributed by atoms with Crippen molar-refractivity contribution in [3.05, 3.63) is 34.5 Å². The van der Waals surface area contributed by atoms with Gasteiger partial charge in [0.05, 0.1) is 9.90 Å². The summed E-state index contributed by atoms with van der Waals surface area (Å²) in [5.41, 5.74) is 2.47. The molecule has 2 aromatic heterocycles. The number of nitrogens with one attached hydrogen (secondary N) is 1. The van der Waals surface area contributed by atoms with Crippen LogP contribution in [-0.4, -0.2) is 29.1 Å². The molecule has 1 aliphatic rings. The van der Waals surface area contributed by atoms with E-state index < -0.39 is 5.97 Å². The van der Waals surface area contributed by atoms with Crippen molar-refractivity contribution in [1.29, 1.82) is 0 Å². The van der Waals surface area contributed by atoms with Gasteiger partial charge in [0.1, 0.15) is 4.88 Å². The number of carbonyl (C=O) groups is 1. The van der Waals surface area contributed by atoms with Gasteiger partial charge in [0.15, 0.2) is 16.6 Å². The number of carboxylic acid groups (broad SMARTS) is 1. The summed E-state index contributed by atoms with van der Waals surface area (Å²) in [4.78, 5) is 16.1. The van der Waals surface area contributed by atoms with E-state index in [1.807, 2.05) is 29.8 Å². The first-order chi connectivity index (χ1) is 12.1. The number of halogens is 1. The van der Waals surface area contributed by atoms with Gasteiger partial charge < -0.3 is 19.9 Å². The Kier molecular flexibility index (Phi) is 5.76. The van der Waals surface area contributed by atoms with Crippen LogP contribution in [0.1, 0.15) is 9.67 Å². The van der Waals surface area contributed by atoms with Crippen LogP contribution in [0.15, 0.2) is 33.9 Å². The molecule has 0 saturated carbocycles. The van der Waals surface area contributed by atoms with E-state index in [9.17, 15) is 9.90 Å². The van der Waals surface area contributed by atoms with Gasteiger partial charge in [-0.1, -0.05) is 0 Å². The molecule has 0 bridgehead atoms. The van der Waals surface area contributed by atoms with E-state index in [1.54, 1.807) is 6.07 Å². The van der Waals surface area contributed by atoms with Crippen LogP contribution in [0, 0.1) is 0 Å². The number of hydrogen-bond acceptors (Lipinski definition) is 8. The Morgan fingerprint density at radius 3 is 2.88 bits per heavy atom. The number of aromatic nitrogens is 1. The minimum Gasteiger partial charge on any atom is -0.477 e. The van der Waals surface area contributed by atoms with Crippen molar-refractivity contribution in [2.45, 2.75) is 4.21 Å². The summed E-state index contributed by atoms with van der Waals surface area (Å²) in [7, 11) is 0. The molecular weight excluding hydrogens is 460 g/mol. The molecule has 3 heterocycles. The van der Waals surface area contributed by atoms with Crippen LogP contribution < -0.4 is 14.8 Å². The van der Waals surface area contributed by atoms with Gasteiger partial charge in [-0.15, -0.1) is 51.4 Å². The average molecular weight is 473 g/mol. The van der Waals surface area contributed by atoms with Crippen LogP contribution in [-0.2, 0) is 0 Å². The highest BCUT2D eigenvalue weighted by Crippen LogP contribution is 2.40. The molecule has 136 valence electrons. The van der Waals surface area contributed by atoms with Gasteiger partial charge in [0, 0.05) is 22.7 Å². The molecule has 0 spiro atoms. The van der Waals surface area contributed by atoms with Gasteiger partial charge in [-0.25, -0.2) is 9.78 Å². The Bertz CT molecular complexity index is 957. The lowest BCUT2D eigenvalue weighted by Gasteiger charge is -2.03. The second-order valence-corrected chi connectivity index (χ2v) is 8.04. The molecule has 1 aliphatic heterocycles. The minimum absolute atomic E-state index is 0. The number of thioether (sulfide) groups is 1. The maximum absolute atomic E-state index is 11.2. The zero-order chi connectivity index (χ0) is 17.4. The van der Waals surface area contributed by atoms with Gasteiger partial charge in [-0.05, 0) is 24.5 Å². The van der Waals surface area contributed by atoms with Crippen LogP contribution >= 0.6 is 51.4 Å². The molecule has 26 heavy (non-hydrogen) atoms. The topological polar surface area (TPSA) is 80.7 Å². The fourth-order valence-corrected chi connectivity index (χ4v) is 4.82. The minimum atomic E-state index is -0.916. The molecule has 0 atom stereocenters. The molecule has 0 amide bonds. The van der Waals surface area contributed by atoms with Crippen LogP contribution in [0.4, 0.5) is 10.8 Å². The first-order valence-corrected chi connectivity index (χ1v) is 10.1. The third kappa shape index (κ3) is 3.68. The number of carboxylic acids is 1. The van der Waals surface area contributed by atoms with E-state index in [0.717, 1.165) is 32.0 Å². The van der Waals surface area contributed by atoms with Crippen molar-refractivity contribution in [2.75, 3.05) is 18.4 Å². The predicted octanol–water partition coefficient (Wildman–Crippen LogP) is 5.34. The molecule has 1 aromatic carbocycles. The summed E-state index contributed by atoms with van der Waals surface area (Å²) in [6.07, 6.45) is 1.93. The summed E-state index contributed by atoms with van der Waals surface area (Å²) < 4.78 is 11.6. The second-order valence-electron chi connectivity index (χ2n) is 5.05. The molecule has 4 rings (SSSR count). The summed E-state index contributed by atoms with van der Waals surface area (Å²) in [5.74, 6) is 0.519. The maximum Gasteiger partial charge on any atom is 0.345 e. The van der Waals surface area contributed by atoms with Gasteiger partial charge in [0.25, 0.3) is 0 Å². The molecule has 0 saturated heterocycles. The fraction of sp³-hybridized carbons (Fsp3) is 0.125. The first-order valence-electron chi connectivity index (χ1n) is 7.18. The fourth-order valence-electron chi connectivity index (χ4n) is 2.36. The maximum atomic E-state index is 11.2. The standard InChI is InChI=1S/C16H12N2O4S3.BrH/c1-23-15-9(5-13(25-15)14(19)20)10-6-24-16(18-10)17-8-2-3-11-12(4-8)22-7-21-11;/h2-6H,7H2,1H3,(H,17,18)(H,19,20);1H. The van der Waals surface area contributed by atoms with Gasteiger partial charge in [-0.2, -0.15) is 0 Å². The van der Waals surface area contributed by atoms with Crippen LogP contribution in [0.2, 0.25) is 0 Å². The molecular formula is C16H13BrN2O4S3. The van der Waals surface area contributed by atoms with E-state index in [0.29, 0.717) is 10.6 Å². The highest BCUT2D eigenvalue weighted by molar-refractivity contribution is 8.93. The van der Waals surface area contributed by atoms with Gasteiger partial charge in [0.2, 0.25) is 6.79 Å². The monoisotopic (exact) mass is 472 g/mol. The highest BCUT2D eigenvalue weighted by atomic mass is 79.9. The zero-order valence-corrected chi connectivity index (χ0v) is 17.5. The van der Waals surface area contributed by atoms with Crippen molar-refractivity contribution in [3.8, 4) is 22.8 Å². The number of thiophene rings is 1. The number of nitrogens with zero attached hydrogens (tertiary/aromatic N) is 1. The largest absolute Gasteiger partial charge is 0.477 e. The van der Waals surface area contributed by atoms with E-state index in [4.69, 9.17) is 9.47 Å². The second kappa shape index (κ2) is 7.87. The lowest BCUT2D eigenvalue weighted by Crippen LogP contribution is -1.93. The molecule has 0 fully saturated rings. The number of fused-ring (bicyclic) bond motifs is 1. The molecule has 3 aromatic rings. The molecule has 6 nitrogen and oxygen atoms in total. The number of rotatable bonds is 5. The quantitative estimate of drug-likeness (QED) is 0.484. The number of anilines is 2. The number of ether oxygens (including phenoxy) is 2. The lowest BCUT2D eigenvalue weighted by molar-refractivity contribution is 0.0702. The Balaban J connectivity index is 0.00000196. The smallest absolute Gasteiger partial charge is 0.345 e. The lowest BCUT2D eigenvalue weighted by atomic mass is 10.2. The van der Waals surface area contributed by atoms with Gasteiger partial charge >= 0.3 is 5.97 Å². The van der Waals surface area contributed by atoms with Gasteiger partial charge in [-0.3, -0.25) is 0 Å². The zero-order valence-electron chi connectivity index (χ0n) is 13.3. The third-order valence-corrected chi connectivity index (χ3v) is 6.51. The molecule has 0 radical (unpaired) electrons. The van der Waals surface area contributed by atoms with Crippen molar-refractivity contribution < 1.29 is 19.4 Å². The Labute approximate surface area is 172 Å². The van der Waals surface area contributed by atoms with Crippen LogP contribution in [0.3, 0.4) is 0 Å². The number of hydrogen-bond donors (Lipinski definition) is 2. The SMILES string of the molecule is Br.CSc1sc(C(=O)O)cc1-c1csc(Nc2ccc3c(c2)OCO3)n1. The highest BCUT2D eigenvalue weighted by Gasteiger charge is 2.18. The average Bonchev–Trinajstić information content (AvgIpc) is 3.33. The molecule has 0 unspecified atom stereocenters. The summed E-state index contributed by atoms with van der Waals surface area (Å²) in [6, 6.07) is 7.29. The van der Waals surface area contributed by atoms with Crippen molar-refractivity contribution in [3.63, 3.8) is 0 Å². The van der Waals surface area contributed by atoms with E-state index in [-0.39, 0.29) is 23.8 Å². The van der Waals surface area contributed by atoms with Crippen molar-refractivity contribution in [1.82, 2.24) is 4.98 Å². The van der Waals surface area contributed by atoms with Crippen molar-refractivity contribution in [2.24, 2.45) is 0 Å². The van der Waals surface area contributed by atoms with E-state index in [2.05, 4.69) is 10.3 Å². The number of thiazole rings is 1. The Morgan fingerprint density at radius 2 is 2.12 bits per heavy atom. The normalized spacial score (nSPS) is 11.9. The van der Waals surface area contributed by atoms with Crippen molar-refractivity contribution >= 4 is 68.2 Å². The Hall–Kier alpha value is -1.75. The third-order valence-electron chi connectivity index (χ3n) is 3.50. The molecule has 2 N–H and O–H groups in total. The Morgan fingerprint density at radius 1 is 1.31 bits per heavy atom. The first kappa shape index (κ1) is 19.0. The predicted molar refractivity (Wildman–Crippen MR) is 110 cm³/mol. The molecule has 10 heteroatoms. The summed E-state index contributed by atoms with van der Waals surface area (Å²) in [5, 5.41) is 15.1.